The van der Waals surface area contributed by atoms with E-state index in [2.05, 4.69) is 4.90 Å². The third-order valence-corrected chi connectivity index (χ3v) is 4.67. The third-order valence-electron chi connectivity index (χ3n) is 4.67. The predicted octanol–water partition coefficient (Wildman–Crippen LogP) is 1.38. The van der Waals surface area contributed by atoms with Crippen molar-refractivity contribution >= 4 is 18.4 Å². The number of carbonyl (C=O) groups is 1. The monoisotopic (exact) mass is 261 g/mol. The van der Waals surface area contributed by atoms with Gasteiger partial charge in [0.2, 0.25) is 0 Å². The standard InChI is InChI=1S/C12H19NO3.ClH/c14-11(15)12(3-1-2-4-12)13-5-9-7-16-8-10(9)6-13;/h9-10H,1-8H2,(H,14,15);1H/t9-,10+;. The summed E-state index contributed by atoms with van der Waals surface area (Å²) < 4.78 is 5.44. The Morgan fingerprint density at radius 3 is 2.18 bits per heavy atom. The summed E-state index contributed by atoms with van der Waals surface area (Å²) in [4.78, 5) is 13.8. The first kappa shape index (κ1) is 13.1. The fraction of sp³-hybridized carbons (Fsp3) is 0.917. The minimum atomic E-state index is -0.606. The lowest BCUT2D eigenvalue weighted by Crippen LogP contribution is -2.52. The minimum absolute atomic E-state index is 0. The van der Waals surface area contributed by atoms with E-state index in [9.17, 15) is 9.90 Å². The van der Waals surface area contributed by atoms with E-state index in [4.69, 9.17) is 4.74 Å². The molecule has 0 amide bonds. The second-order valence-corrected chi connectivity index (χ2v) is 5.51. The maximum absolute atomic E-state index is 11.6. The van der Waals surface area contributed by atoms with Crippen LogP contribution in [0.5, 0.6) is 0 Å². The van der Waals surface area contributed by atoms with Gasteiger partial charge in [0.15, 0.2) is 0 Å². The van der Waals surface area contributed by atoms with Crippen molar-refractivity contribution in [1.82, 2.24) is 4.90 Å². The topological polar surface area (TPSA) is 49.8 Å². The third kappa shape index (κ3) is 1.96. The van der Waals surface area contributed by atoms with Gasteiger partial charge in [-0.25, -0.2) is 0 Å². The van der Waals surface area contributed by atoms with Gasteiger partial charge in [-0.3, -0.25) is 9.69 Å². The smallest absolute Gasteiger partial charge is 0.324 e. The van der Waals surface area contributed by atoms with Gasteiger partial charge in [0.1, 0.15) is 5.54 Å². The number of hydrogen-bond donors (Lipinski definition) is 1. The van der Waals surface area contributed by atoms with Crippen LogP contribution in [0.3, 0.4) is 0 Å². The molecule has 2 heterocycles. The minimum Gasteiger partial charge on any atom is -0.480 e. The van der Waals surface area contributed by atoms with E-state index in [1.54, 1.807) is 0 Å². The summed E-state index contributed by atoms with van der Waals surface area (Å²) in [5.41, 5.74) is -0.537. The van der Waals surface area contributed by atoms with Crippen LogP contribution in [0.15, 0.2) is 0 Å². The lowest BCUT2D eigenvalue weighted by Gasteiger charge is -2.35. The zero-order chi connectivity index (χ0) is 11.2. The van der Waals surface area contributed by atoms with Gasteiger partial charge in [0.05, 0.1) is 13.2 Å². The summed E-state index contributed by atoms with van der Waals surface area (Å²) >= 11 is 0. The van der Waals surface area contributed by atoms with Crippen LogP contribution in [0.1, 0.15) is 25.7 Å². The quantitative estimate of drug-likeness (QED) is 0.816. The summed E-state index contributed by atoms with van der Waals surface area (Å²) in [5, 5.41) is 9.51. The van der Waals surface area contributed by atoms with Crippen molar-refractivity contribution < 1.29 is 14.6 Å². The normalized spacial score (nSPS) is 35.5. The first-order valence-corrected chi connectivity index (χ1v) is 6.28. The van der Waals surface area contributed by atoms with Crippen molar-refractivity contribution in [3.05, 3.63) is 0 Å². The summed E-state index contributed by atoms with van der Waals surface area (Å²) in [6.07, 6.45) is 3.80. The number of hydrogen-bond acceptors (Lipinski definition) is 3. The molecule has 3 aliphatic rings. The molecule has 2 atom stereocenters. The van der Waals surface area contributed by atoms with Crippen molar-refractivity contribution in [3.8, 4) is 0 Å². The van der Waals surface area contributed by atoms with Gasteiger partial charge >= 0.3 is 5.97 Å². The number of ether oxygens (including phenoxy) is 1. The molecule has 0 bridgehead atoms. The van der Waals surface area contributed by atoms with Crippen LogP contribution < -0.4 is 0 Å². The molecule has 3 fully saturated rings. The first-order valence-electron chi connectivity index (χ1n) is 6.28. The lowest BCUT2D eigenvalue weighted by molar-refractivity contribution is -0.151. The summed E-state index contributed by atoms with van der Waals surface area (Å²) in [6, 6.07) is 0. The van der Waals surface area contributed by atoms with Crippen LogP contribution in [-0.2, 0) is 9.53 Å². The lowest BCUT2D eigenvalue weighted by atomic mass is 9.95. The average Bonchev–Trinajstić information content (AvgIpc) is 2.92. The van der Waals surface area contributed by atoms with E-state index in [-0.39, 0.29) is 12.4 Å². The van der Waals surface area contributed by atoms with Crippen LogP contribution in [0.25, 0.3) is 0 Å². The Labute approximate surface area is 108 Å². The highest BCUT2D eigenvalue weighted by molar-refractivity contribution is 5.85. The maximum atomic E-state index is 11.6. The molecule has 0 aromatic carbocycles. The molecule has 4 nitrogen and oxygen atoms in total. The van der Waals surface area contributed by atoms with Crippen molar-refractivity contribution in [3.63, 3.8) is 0 Å². The molecule has 1 aliphatic carbocycles. The van der Waals surface area contributed by atoms with E-state index >= 15 is 0 Å². The Bertz CT molecular complexity index is 292. The van der Waals surface area contributed by atoms with Crippen molar-refractivity contribution in [2.45, 2.75) is 31.2 Å². The number of likely N-dealkylation sites (tertiary alicyclic amines) is 1. The number of carboxylic acid groups (broad SMARTS) is 1. The number of rotatable bonds is 2. The zero-order valence-electron chi connectivity index (χ0n) is 9.93. The Morgan fingerprint density at radius 2 is 1.71 bits per heavy atom. The molecule has 3 rings (SSSR count). The van der Waals surface area contributed by atoms with Crippen LogP contribution in [0.2, 0.25) is 0 Å². The molecule has 0 radical (unpaired) electrons. The van der Waals surface area contributed by atoms with Crippen molar-refractivity contribution in [2.24, 2.45) is 11.8 Å². The molecule has 2 aliphatic heterocycles. The molecule has 5 heteroatoms. The van der Waals surface area contributed by atoms with Gasteiger partial charge in [-0.15, -0.1) is 12.4 Å². The second kappa shape index (κ2) is 4.75. The fourth-order valence-corrected chi connectivity index (χ4v) is 3.66. The molecule has 0 spiro atoms. The Hall–Kier alpha value is -0.320. The average molecular weight is 262 g/mol. The highest BCUT2D eigenvalue weighted by Crippen LogP contribution is 2.41. The molecule has 98 valence electrons. The SMILES string of the molecule is Cl.O=C(O)C1(N2C[C@H]3COC[C@H]3C2)CCCC1. The molecule has 0 aromatic heterocycles. The van der Waals surface area contributed by atoms with Crippen LogP contribution >= 0.6 is 12.4 Å². The van der Waals surface area contributed by atoms with E-state index in [1.165, 1.54) is 0 Å². The molecular formula is C12H20ClNO3. The van der Waals surface area contributed by atoms with Crippen LogP contribution in [0, 0.1) is 11.8 Å². The Kier molecular flexibility index (Phi) is 3.66. The first-order chi connectivity index (χ1) is 7.72. The Balaban J connectivity index is 0.00000108. The molecule has 1 saturated carbocycles. The molecule has 2 saturated heterocycles. The molecule has 0 unspecified atom stereocenters. The fourth-order valence-electron chi connectivity index (χ4n) is 3.66. The predicted molar refractivity (Wildman–Crippen MR) is 65.5 cm³/mol. The molecule has 1 N–H and O–H groups in total. The number of aliphatic carboxylic acids is 1. The Morgan fingerprint density at radius 1 is 1.18 bits per heavy atom. The van der Waals surface area contributed by atoms with Gasteiger partial charge in [0, 0.05) is 24.9 Å². The summed E-state index contributed by atoms with van der Waals surface area (Å²) in [7, 11) is 0. The largest absolute Gasteiger partial charge is 0.480 e. The van der Waals surface area contributed by atoms with E-state index < -0.39 is 11.5 Å². The van der Waals surface area contributed by atoms with Gasteiger partial charge in [0.25, 0.3) is 0 Å². The van der Waals surface area contributed by atoms with Gasteiger partial charge in [-0.05, 0) is 12.8 Å². The number of fused-ring (bicyclic) bond motifs is 1. The zero-order valence-corrected chi connectivity index (χ0v) is 10.7. The molecular weight excluding hydrogens is 242 g/mol. The maximum Gasteiger partial charge on any atom is 0.324 e. The van der Waals surface area contributed by atoms with Gasteiger partial charge < -0.3 is 9.84 Å². The van der Waals surface area contributed by atoms with E-state index in [1.807, 2.05) is 0 Å². The summed E-state index contributed by atoms with van der Waals surface area (Å²) in [5.74, 6) is 0.555. The second-order valence-electron chi connectivity index (χ2n) is 5.51. The van der Waals surface area contributed by atoms with E-state index in [0.29, 0.717) is 11.8 Å². The highest BCUT2D eigenvalue weighted by atomic mass is 35.5. The summed E-state index contributed by atoms with van der Waals surface area (Å²) in [6.45, 7) is 3.52. The van der Waals surface area contributed by atoms with Gasteiger partial charge in [-0.1, -0.05) is 12.8 Å². The molecule has 17 heavy (non-hydrogen) atoms. The van der Waals surface area contributed by atoms with Crippen LogP contribution in [0.4, 0.5) is 0 Å². The highest BCUT2D eigenvalue weighted by Gasteiger charge is 2.51. The van der Waals surface area contributed by atoms with Crippen LogP contribution in [-0.4, -0.2) is 47.8 Å². The number of carboxylic acids is 1. The number of halogens is 1. The molecule has 0 aromatic rings. The van der Waals surface area contributed by atoms with Crippen molar-refractivity contribution in [1.29, 1.82) is 0 Å². The number of nitrogens with zero attached hydrogens (tertiary/aromatic N) is 1. The van der Waals surface area contributed by atoms with Gasteiger partial charge in [-0.2, -0.15) is 0 Å². The van der Waals surface area contributed by atoms with Crippen molar-refractivity contribution in [2.75, 3.05) is 26.3 Å². The van der Waals surface area contributed by atoms with E-state index in [0.717, 1.165) is 52.0 Å².